The number of nitrogens with two attached hydrogens (primary N) is 1. The van der Waals surface area contributed by atoms with Crippen LogP contribution >= 0.6 is 0 Å². The fourth-order valence-corrected chi connectivity index (χ4v) is 1.86. The van der Waals surface area contributed by atoms with Crippen molar-refractivity contribution in [2.24, 2.45) is 0 Å². The number of nitrogen functional groups attached to an aromatic ring is 1. The second kappa shape index (κ2) is 5.18. The van der Waals surface area contributed by atoms with E-state index in [0.717, 1.165) is 17.8 Å². The predicted octanol–water partition coefficient (Wildman–Crippen LogP) is -1.40. The molecule has 2 heterocycles. The molecular weight excluding hydrogens is 234 g/mol. The first-order valence-corrected chi connectivity index (χ1v) is 5.86. The molecule has 1 aliphatic rings. The van der Waals surface area contributed by atoms with Gasteiger partial charge in [0.05, 0.1) is 0 Å². The van der Waals surface area contributed by atoms with Crippen molar-refractivity contribution in [2.75, 3.05) is 39.0 Å². The highest BCUT2D eigenvalue weighted by Gasteiger charge is 2.19. The molecule has 0 spiro atoms. The molecular formula is C11H17N5O2. The fraction of sp³-hybridized carbons (Fsp3) is 0.545. The van der Waals surface area contributed by atoms with Crippen molar-refractivity contribution in [1.82, 2.24) is 19.6 Å². The van der Waals surface area contributed by atoms with E-state index in [1.54, 1.807) is 4.90 Å². The highest BCUT2D eigenvalue weighted by Crippen LogP contribution is 2.00. The second-order valence-electron chi connectivity index (χ2n) is 4.44. The molecule has 1 fully saturated rings. The lowest BCUT2D eigenvalue weighted by Crippen LogP contribution is -2.48. The molecule has 1 aromatic rings. The lowest BCUT2D eigenvalue weighted by molar-refractivity contribution is -0.133. The van der Waals surface area contributed by atoms with Crippen molar-refractivity contribution in [3.8, 4) is 0 Å². The Morgan fingerprint density at radius 3 is 2.67 bits per heavy atom. The third kappa shape index (κ3) is 2.86. The standard InChI is InChI=1S/C11H17N5O2/c1-14-4-6-15(7-5-14)11(18)8-16-10(17)3-2-9(12)13-16/h2-3H,4-8H2,1H3,(H2,12,13). The number of likely N-dealkylation sites (N-methyl/N-ethyl adjacent to an activating group) is 1. The minimum Gasteiger partial charge on any atom is -0.382 e. The number of anilines is 1. The van der Waals surface area contributed by atoms with Crippen LogP contribution in [-0.4, -0.2) is 58.7 Å². The minimum atomic E-state index is -0.313. The average molecular weight is 251 g/mol. The number of nitrogens with zero attached hydrogens (tertiary/aromatic N) is 4. The van der Waals surface area contributed by atoms with Crippen LogP contribution in [0.3, 0.4) is 0 Å². The van der Waals surface area contributed by atoms with E-state index < -0.39 is 0 Å². The van der Waals surface area contributed by atoms with Gasteiger partial charge >= 0.3 is 0 Å². The molecule has 0 atom stereocenters. The summed E-state index contributed by atoms with van der Waals surface area (Å²) in [5.74, 6) is 0.143. The van der Waals surface area contributed by atoms with Gasteiger partial charge in [-0.15, -0.1) is 0 Å². The van der Waals surface area contributed by atoms with Crippen molar-refractivity contribution >= 4 is 11.7 Å². The zero-order valence-electron chi connectivity index (χ0n) is 10.4. The first-order chi connectivity index (χ1) is 8.56. The van der Waals surface area contributed by atoms with Gasteiger partial charge in [0, 0.05) is 32.2 Å². The number of aromatic nitrogens is 2. The maximum absolute atomic E-state index is 12.0. The molecule has 0 unspecified atom stereocenters. The van der Waals surface area contributed by atoms with Crippen molar-refractivity contribution in [2.45, 2.75) is 6.54 Å². The third-order valence-corrected chi connectivity index (χ3v) is 3.03. The van der Waals surface area contributed by atoms with E-state index in [2.05, 4.69) is 10.00 Å². The van der Waals surface area contributed by atoms with Crippen LogP contribution in [0.25, 0.3) is 0 Å². The van der Waals surface area contributed by atoms with Gasteiger partial charge in [0.25, 0.3) is 5.56 Å². The van der Waals surface area contributed by atoms with Crippen LogP contribution in [0.1, 0.15) is 0 Å². The first-order valence-electron chi connectivity index (χ1n) is 5.86. The number of rotatable bonds is 2. The van der Waals surface area contributed by atoms with E-state index in [1.807, 2.05) is 7.05 Å². The fourth-order valence-electron chi connectivity index (χ4n) is 1.86. The molecule has 1 aromatic heterocycles. The van der Waals surface area contributed by atoms with Gasteiger partial charge in [-0.05, 0) is 13.1 Å². The molecule has 7 heteroatoms. The molecule has 0 aliphatic carbocycles. The third-order valence-electron chi connectivity index (χ3n) is 3.03. The van der Waals surface area contributed by atoms with Gasteiger partial charge < -0.3 is 15.5 Å². The Labute approximate surface area is 105 Å². The molecule has 0 saturated carbocycles. The van der Waals surface area contributed by atoms with Gasteiger partial charge in [-0.1, -0.05) is 0 Å². The summed E-state index contributed by atoms with van der Waals surface area (Å²) in [5, 5.41) is 3.85. The maximum atomic E-state index is 12.0. The summed E-state index contributed by atoms with van der Waals surface area (Å²) < 4.78 is 1.11. The average Bonchev–Trinajstić information content (AvgIpc) is 2.34. The summed E-state index contributed by atoms with van der Waals surface area (Å²) in [6, 6.07) is 2.75. The van der Waals surface area contributed by atoms with E-state index >= 15 is 0 Å². The zero-order chi connectivity index (χ0) is 13.1. The SMILES string of the molecule is CN1CCN(C(=O)Cn2nc(N)ccc2=O)CC1. The van der Waals surface area contributed by atoms with Gasteiger partial charge in [-0.3, -0.25) is 9.59 Å². The summed E-state index contributed by atoms with van der Waals surface area (Å²) in [4.78, 5) is 27.4. The van der Waals surface area contributed by atoms with Gasteiger partial charge in [0.2, 0.25) is 5.91 Å². The number of piperazine rings is 1. The molecule has 2 N–H and O–H groups in total. The lowest BCUT2D eigenvalue weighted by Gasteiger charge is -2.32. The molecule has 1 amide bonds. The number of carbonyl (C=O) groups is 1. The van der Waals surface area contributed by atoms with E-state index in [4.69, 9.17) is 5.73 Å². The molecule has 0 radical (unpaired) electrons. The normalized spacial score (nSPS) is 16.8. The smallest absolute Gasteiger partial charge is 0.267 e. The molecule has 0 aromatic carbocycles. The van der Waals surface area contributed by atoms with E-state index in [-0.39, 0.29) is 23.8 Å². The molecule has 18 heavy (non-hydrogen) atoms. The predicted molar refractivity (Wildman–Crippen MR) is 67.0 cm³/mol. The zero-order valence-corrected chi connectivity index (χ0v) is 10.4. The molecule has 1 aliphatic heterocycles. The Hall–Kier alpha value is -1.89. The Bertz CT molecular complexity index is 490. The van der Waals surface area contributed by atoms with Gasteiger partial charge in [0.1, 0.15) is 12.4 Å². The van der Waals surface area contributed by atoms with Crippen LogP contribution in [0, 0.1) is 0 Å². The molecule has 0 bridgehead atoms. The van der Waals surface area contributed by atoms with Crippen molar-refractivity contribution < 1.29 is 4.79 Å². The summed E-state index contributed by atoms with van der Waals surface area (Å²) in [7, 11) is 2.02. The molecule has 98 valence electrons. The first kappa shape index (κ1) is 12.6. The summed E-state index contributed by atoms with van der Waals surface area (Å²) in [6.45, 7) is 3.03. The van der Waals surface area contributed by atoms with E-state index in [1.165, 1.54) is 12.1 Å². The molecule has 1 saturated heterocycles. The van der Waals surface area contributed by atoms with Gasteiger partial charge in [-0.2, -0.15) is 5.10 Å². The monoisotopic (exact) mass is 251 g/mol. The van der Waals surface area contributed by atoms with Crippen LogP contribution in [-0.2, 0) is 11.3 Å². The quantitative estimate of drug-likeness (QED) is 0.699. The lowest BCUT2D eigenvalue weighted by atomic mass is 10.3. The van der Waals surface area contributed by atoms with Crippen LogP contribution in [0.4, 0.5) is 5.82 Å². The maximum Gasteiger partial charge on any atom is 0.267 e. The number of amides is 1. The van der Waals surface area contributed by atoms with Crippen LogP contribution in [0.15, 0.2) is 16.9 Å². The topological polar surface area (TPSA) is 84.5 Å². The number of hydrogen-bond donors (Lipinski definition) is 1. The number of hydrogen-bond acceptors (Lipinski definition) is 5. The Morgan fingerprint density at radius 1 is 1.33 bits per heavy atom. The summed E-state index contributed by atoms with van der Waals surface area (Å²) in [6.07, 6.45) is 0. The summed E-state index contributed by atoms with van der Waals surface area (Å²) in [5.41, 5.74) is 5.18. The van der Waals surface area contributed by atoms with E-state index in [9.17, 15) is 9.59 Å². The van der Waals surface area contributed by atoms with Crippen LogP contribution in [0.5, 0.6) is 0 Å². The number of carbonyl (C=O) groups excluding carboxylic acids is 1. The van der Waals surface area contributed by atoms with Gasteiger partial charge in [-0.25, -0.2) is 4.68 Å². The highest BCUT2D eigenvalue weighted by atomic mass is 16.2. The summed E-state index contributed by atoms with van der Waals surface area (Å²) >= 11 is 0. The molecule has 7 nitrogen and oxygen atoms in total. The Balaban J connectivity index is 2.03. The van der Waals surface area contributed by atoms with Crippen molar-refractivity contribution in [1.29, 1.82) is 0 Å². The second-order valence-corrected chi connectivity index (χ2v) is 4.44. The largest absolute Gasteiger partial charge is 0.382 e. The Kier molecular flexibility index (Phi) is 3.61. The highest BCUT2D eigenvalue weighted by molar-refractivity contribution is 5.76. The minimum absolute atomic E-state index is 0.0480. The van der Waals surface area contributed by atoms with Crippen molar-refractivity contribution in [3.63, 3.8) is 0 Å². The van der Waals surface area contributed by atoms with Crippen LogP contribution in [0.2, 0.25) is 0 Å². The van der Waals surface area contributed by atoms with E-state index in [0.29, 0.717) is 13.1 Å². The van der Waals surface area contributed by atoms with Gasteiger partial charge in [0.15, 0.2) is 0 Å². The van der Waals surface area contributed by atoms with Crippen LogP contribution < -0.4 is 11.3 Å². The Morgan fingerprint density at radius 2 is 2.00 bits per heavy atom. The van der Waals surface area contributed by atoms with Crippen molar-refractivity contribution in [3.05, 3.63) is 22.5 Å². The molecule has 2 rings (SSSR count).